The van der Waals surface area contributed by atoms with Gasteiger partial charge in [-0.1, -0.05) is 12.1 Å². The van der Waals surface area contributed by atoms with Gasteiger partial charge in [0.1, 0.15) is 5.75 Å². The first-order chi connectivity index (χ1) is 12.5. The summed E-state index contributed by atoms with van der Waals surface area (Å²) in [6.45, 7) is 8.06. The minimum Gasteiger partial charge on any atom is -0.481 e. The monoisotopic (exact) mass is 352 g/mol. The third kappa shape index (κ3) is 4.37. The molecule has 0 radical (unpaired) electrons. The largest absolute Gasteiger partial charge is 0.481 e. The summed E-state index contributed by atoms with van der Waals surface area (Å²) >= 11 is 0. The lowest BCUT2D eigenvalue weighted by atomic mass is 10.1. The average Bonchev–Trinajstić information content (AvgIpc) is 2.66. The number of anilines is 2. The summed E-state index contributed by atoms with van der Waals surface area (Å²) in [6.07, 6.45) is 3.28. The maximum Gasteiger partial charge on any atom is 0.265 e. The van der Waals surface area contributed by atoms with Crippen molar-refractivity contribution in [2.45, 2.75) is 46.1 Å². The minimum absolute atomic E-state index is 0.142. The van der Waals surface area contributed by atoms with Crippen LogP contribution in [0.5, 0.6) is 5.75 Å². The molecule has 4 heteroatoms. The van der Waals surface area contributed by atoms with E-state index < -0.39 is 6.10 Å². The van der Waals surface area contributed by atoms with Crippen molar-refractivity contribution in [1.82, 2.24) is 0 Å². The number of ether oxygens (including phenoxy) is 1. The normalized spacial score (nSPS) is 15.4. The second kappa shape index (κ2) is 8.26. The molecule has 1 fully saturated rings. The molecule has 1 atom stereocenters. The van der Waals surface area contributed by atoms with Gasteiger partial charge >= 0.3 is 0 Å². The molecule has 26 heavy (non-hydrogen) atoms. The van der Waals surface area contributed by atoms with E-state index in [0.29, 0.717) is 0 Å². The second-order valence-electron chi connectivity index (χ2n) is 7.04. The molecular weight excluding hydrogens is 324 g/mol. The Morgan fingerprint density at radius 1 is 1.04 bits per heavy atom. The van der Waals surface area contributed by atoms with Crippen molar-refractivity contribution in [1.29, 1.82) is 0 Å². The Kier molecular flexibility index (Phi) is 5.82. The van der Waals surface area contributed by atoms with Crippen LogP contribution >= 0.6 is 0 Å². The highest BCUT2D eigenvalue weighted by Gasteiger charge is 2.17. The Morgan fingerprint density at radius 2 is 1.73 bits per heavy atom. The van der Waals surface area contributed by atoms with E-state index in [2.05, 4.69) is 22.3 Å². The van der Waals surface area contributed by atoms with Crippen molar-refractivity contribution in [2.24, 2.45) is 0 Å². The Labute approximate surface area is 156 Å². The molecule has 1 N–H and O–H groups in total. The summed E-state index contributed by atoms with van der Waals surface area (Å²) in [5, 5.41) is 2.94. The molecule has 0 spiro atoms. The van der Waals surface area contributed by atoms with Crippen LogP contribution in [0.4, 0.5) is 11.4 Å². The van der Waals surface area contributed by atoms with Gasteiger partial charge in [-0.05, 0) is 81.5 Å². The number of aryl methyl sites for hydroxylation is 1. The summed E-state index contributed by atoms with van der Waals surface area (Å²) in [5.41, 5.74) is 4.25. The quantitative estimate of drug-likeness (QED) is 0.848. The number of hydrogen-bond donors (Lipinski definition) is 1. The molecule has 1 amide bonds. The van der Waals surface area contributed by atoms with Crippen molar-refractivity contribution in [3.8, 4) is 5.75 Å². The van der Waals surface area contributed by atoms with Gasteiger partial charge in [0, 0.05) is 24.5 Å². The van der Waals surface area contributed by atoms with E-state index in [9.17, 15) is 4.79 Å². The highest BCUT2D eigenvalue weighted by molar-refractivity contribution is 5.94. The molecule has 2 aromatic rings. The van der Waals surface area contributed by atoms with Gasteiger partial charge in [0.2, 0.25) is 0 Å². The van der Waals surface area contributed by atoms with Gasteiger partial charge in [-0.15, -0.1) is 0 Å². The van der Waals surface area contributed by atoms with Crippen LogP contribution in [0.3, 0.4) is 0 Å². The van der Waals surface area contributed by atoms with Gasteiger partial charge in [-0.2, -0.15) is 0 Å². The summed E-state index contributed by atoms with van der Waals surface area (Å²) in [6, 6.07) is 14.0. The Morgan fingerprint density at radius 3 is 2.42 bits per heavy atom. The van der Waals surface area contributed by atoms with Gasteiger partial charge in [0.05, 0.1) is 0 Å². The summed E-state index contributed by atoms with van der Waals surface area (Å²) in [5.74, 6) is 0.615. The lowest BCUT2D eigenvalue weighted by Crippen LogP contribution is -2.30. The van der Waals surface area contributed by atoms with Crippen LogP contribution in [0.2, 0.25) is 0 Å². The van der Waals surface area contributed by atoms with Crippen molar-refractivity contribution < 1.29 is 9.53 Å². The zero-order valence-corrected chi connectivity index (χ0v) is 15.9. The number of piperidine rings is 1. The van der Waals surface area contributed by atoms with Crippen molar-refractivity contribution in [3.05, 3.63) is 53.6 Å². The first-order valence-corrected chi connectivity index (χ1v) is 9.43. The lowest BCUT2D eigenvalue weighted by Gasteiger charge is -2.28. The molecule has 4 nitrogen and oxygen atoms in total. The molecule has 3 rings (SSSR count). The zero-order chi connectivity index (χ0) is 18.5. The van der Waals surface area contributed by atoms with Crippen LogP contribution < -0.4 is 15.0 Å². The fourth-order valence-electron chi connectivity index (χ4n) is 3.25. The highest BCUT2D eigenvalue weighted by atomic mass is 16.5. The smallest absolute Gasteiger partial charge is 0.265 e. The predicted molar refractivity (Wildman–Crippen MR) is 107 cm³/mol. The van der Waals surface area contributed by atoms with Gasteiger partial charge in [0.25, 0.3) is 5.91 Å². The molecule has 2 aromatic carbocycles. The number of nitrogens with zero attached hydrogens (tertiary/aromatic N) is 1. The second-order valence-corrected chi connectivity index (χ2v) is 7.04. The van der Waals surface area contributed by atoms with Crippen molar-refractivity contribution >= 4 is 17.3 Å². The van der Waals surface area contributed by atoms with E-state index in [1.165, 1.54) is 24.9 Å². The van der Waals surface area contributed by atoms with Gasteiger partial charge < -0.3 is 15.0 Å². The molecular formula is C22H28N2O2. The van der Waals surface area contributed by atoms with E-state index in [1.54, 1.807) is 6.92 Å². The van der Waals surface area contributed by atoms with E-state index in [4.69, 9.17) is 4.74 Å². The maximum absolute atomic E-state index is 12.5. The maximum atomic E-state index is 12.5. The van der Waals surface area contributed by atoms with Crippen molar-refractivity contribution in [3.63, 3.8) is 0 Å². The van der Waals surface area contributed by atoms with Gasteiger partial charge in [-0.25, -0.2) is 0 Å². The summed E-state index contributed by atoms with van der Waals surface area (Å²) < 4.78 is 5.86. The molecule has 0 aromatic heterocycles. The fourth-order valence-corrected chi connectivity index (χ4v) is 3.25. The molecule has 0 unspecified atom stereocenters. The molecule has 0 aliphatic carbocycles. The Hall–Kier alpha value is -2.49. The first-order valence-electron chi connectivity index (χ1n) is 9.43. The van der Waals surface area contributed by atoms with E-state index in [0.717, 1.165) is 35.7 Å². The van der Waals surface area contributed by atoms with E-state index in [-0.39, 0.29) is 5.91 Å². The van der Waals surface area contributed by atoms with Crippen LogP contribution in [-0.2, 0) is 4.79 Å². The number of hydrogen-bond acceptors (Lipinski definition) is 3. The summed E-state index contributed by atoms with van der Waals surface area (Å²) in [4.78, 5) is 14.9. The third-order valence-corrected chi connectivity index (χ3v) is 5.08. The molecule has 1 aliphatic rings. The lowest BCUT2D eigenvalue weighted by molar-refractivity contribution is -0.122. The van der Waals surface area contributed by atoms with Crippen molar-refractivity contribution in [2.75, 3.05) is 23.3 Å². The Balaban J connectivity index is 1.59. The topological polar surface area (TPSA) is 41.6 Å². The average molecular weight is 352 g/mol. The number of carbonyl (C=O) groups excluding carboxylic acids is 1. The number of nitrogens with one attached hydrogen (secondary N) is 1. The molecule has 1 heterocycles. The highest BCUT2D eigenvalue weighted by Crippen LogP contribution is 2.23. The fraction of sp³-hybridized carbons (Fsp3) is 0.409. The molecule has 138 valence electrons. The van der Waals surface area contributed by atoms with Gasteiger partial charge in [-0.3, -0.25) is 4.79 Å². The molecule has 1 aliphatic heterocycles. The summed E-state index contributed by atoms with van der Waals surface area (Å²) in [7, 11) is 0. The number of rotatable bonds is 5. The zero-order valence-electron chi connectivity index (χ0n) is 15.9. The number of amides is 1. The standard InChI is InChI=1S/C22H28N2O2/c1-16-8-7-9-21(17(16)2)26-18(3)22(25)23-19-10-12-20(13-11-19)24-14-5-4-6-15-24/h7-13,18H,4-6,14-15H2,1-3H3,(H,23,25)/t18-/m1/s1. The first kappa shape index (κ1) is 18.3. The van der Waals surface area contributed by atoms with Crippen LogP contribution in [0.25, 0.3) is 0 Å². The third-order valence-electron chi connectivity index (χ3n) is 5.08. The van der Waals surface area contributed by atoms with E-state index >= 15 is 0 Å². The molecule has 1 saturated heterocycles. The predicted octanol–water partition coefficient (Wildman–Crippen LogP) is 4.70. The Bertz CT molecular complexity index is 749. The van der Waals surface area contributed by atoms with Crippen LogP contribution in [0.1, 0.15) is 37.3 Å². The van der Waals surface area contributed by atoms with Crippen LogP contribution in [0, 0.1) is 13.8 Å². The van der Waals surface area contributed by atoms with Crippen LogP contribution in [-0.4, -0.2) is 25.1 Å². The number of benzene rings is 2. The van der Waals surface area contributed by atoms with Gasteiger partial charge in [0.15, 0.2) is 6.10 Å². The molecule has 0 bridgehead atoms. The number of carbonyl (C=O) groups is 1. The SMILES string of the molecule is Cc1cccc(O[C@H](C)C(=O)Nc2ccc(N3CCCCC3)cc2)c1C. The van der Waals surface area contributed by atoms with Crippen LogP contribution in [0.15, 0.2) is 42.5 Å². The van der Waals surface area contributed by atoms with E-state index in [1.807, 2.05) is 44.2 Å². The molecule has 0 saturated carbocycles. The minimum atomic E-state index is -0.558.